The first-order valence-electron chi connectivity index (χ1n) is 6.44. The van der Waals surface area contributed by atoms with Gasteiger partial charge in [0.05, 0.1) is 4.90 Å². The van der Waals surface area contributed by atoms with E-state index in [0.717, 1.165) is 6.26 Å². The van der Waals surface area contributed by atoms with Crippen LogP contribution in [0, 0.1) is 0 Å². The van der Waals surface area contributed by atoms with Gasteiger partial charge in [-0.1, -0.05) is 17.7 Å². The van der Waals surface area contributed by atoms with E-state index in [1.165, 1.54) is 30.3 Å². The molecule has 0 saturated carbocycles. The normalized spacial score (nSPS) is 10.9. The fourth-order valence-corrected chi connectivity index (χ4v) is 2.56. The van der Waals surface area contributed by atoms with Crippen LogP contribution in [0.2, 0.25) is 5.02 Å². The summed E-state index contributed by atoms with van der Waals surface area (Å²) in [6.45, 7) is 0. The Morgan fingerprint density at radius 3 is 2.00 bits per heavy atom. The first-order valence-corrected chi connectivity index (χ1v) is 8.71. The number of hydrogen-bond donors (Lipinski definition) is 2. The highest BCUT2D eigenvalue weighted by atomic mass is 35.5. The largest absolute Gasteiger partial charge is 0.269 e. The van der Waals surface area contributed by atoms with Gasteiger partial charge in [-0.05, 0) is 42.5 Å². The van der Waals surface area contributed by atoms with Crippen LogP contribution in [-0.4, -0.2) is 26.5 Å². The molecule has 2 aromatic carbocycles. The summed E-state index contributed by atoms with van der Waals surface area (Å²) in [6, 6.07) is 11.6. The van der Waals surface area contributed by atoms with Crippen LogP contribution in [0.4, 0.5) is 0 Å². The molecule has 0 spiro atoms. The monoisotopic (exact) mass is 352 g/mol. The highest BCUT2D eigenvalue weighted by molar-refractivity contribution is 7.90. The van der Waals surface area contributed by atoms with Crippen molar-refractivity contribution in [2.45, 2.75) is 4.90 Å². The number of hydrogen-bond acceptors (Lipinski definition) is 4. The van der Waals surface area contributed by atoms with E-state index in [-0.39, 0.29) is 10.5 Å². The Balaban J connectivity index is 2.01. The van der Waals surface area contributed by atoms with Gasteiger partial charge in [0, 0.05) is 22.4 Å². The highest BCUT2D eigenvalue weighted by Crippen LogP contribution is 2.11. The molecule has 0 aliphatic carbocycles. The predicted molar refractivity (Wildman–Crippen MR) is 85.9 cm³/mol. The molecule has 0 unspecified atom stereocenters. The first kappa shape index (κ1) is 17.0. The summed E-state index contributed by atoms with van der Waals surface area (Å²) in [5, 5.41) is 0.403. The Bertz CT molecular complexity index is 848. The van der Waals surface area contributed by atoms with E-state index >= 15 is 0 Å². The number of nitrogens with one attached hydrogen (secondary N) is 2. The van der Waals surface area contributed by atoms with Crippen LogP contribution in [0.15, 0.2) is 53.4 Å². The fourth-order valence-electron chi connectivity index (χ4n) is 1.74. The summed E-state index contributed by atoms with van der Waals surface area (Å²) < 4.78 is 22.7. The summed E-state index contributed by atoms with van der Waals surface area (Å²) in [5.41, 5.74) is 5.01. The van der Waals surface area contributed by atoms with Crippen molar-refractivity contribution < 1.29 is 18.0 Å². The van der Waals surface area contributed by atoms with E-state index in [0.29, 0.717) is 10.6 Å². The second-order valence-electron chi connectivity index (χ2n) is 4.72. The molecule has 0 saturated heterocycles. The van der Waals surface area contributed by atoms with Crippen molar-refractivity contribution in [3.05, 3.63) is 64.7 Å². The van der Waals surface area contributed by atoms with Crippen molar-refractivity contribution in [2.75, 3.05) is 6.26 Å². The number of rotatable bonds is 3. The SMILES string of the molecule is CS(=O)(=O)c1ccc(C(=O)NNC(=O)c2cccc(Cl)c2)cc1. The molecule has 0 aliphatic rings. The van der Waals surface area contributed by atoms with Crippen LogP contribution in [0.1, 0.15) is 20.7 Å². The number of halogens is 1. The van der Waals surface area contributed by atoms with Gasteiger partial charge in [-0.3, -0.25) is 20.4 Å². The highest BCUT2D eigenvalue weighted by Gasteiger charge is 2.11. The number of carbonyl (C=O) groups excluding carboxylic acids is 2. The van der Waals surface area contributed by atoms with Gasteiger partial charge in [0.25, 0.3) is 11.8 Å². The Labute approximate surface area is 138 Å². The quantitative estimate of drug-likeness (QED) is 0.824. The Hall–Kier alpha value is -2.38. The van der Waals surface area contributed by atoms with Crippen LogP contribution >= 0.6 is 11.6 Å². The third kappa shape index (κ3) is 4.54. The molecule has 2 amide bonds. The maximum absolute atomic E-state index is 11.9. The van der Waals surface area contributed by atoms with Gasteiger partial charge >= 0.3 is 0 Å². The average molecular weight is 353 g/mol. The molecule has 8 heteroatoms. The van der Waals surface area contributed by atoms with Gasteiger partial charge in [0.1, 0.15) is 0 Å². The predicted octanol–water partition coefficient (Wildman–Crippen LogP) is 1.82. The molecule has 6 nitrogen and oxygen atoms in total. The van der Waals surface area contributed by atoms with E-state index < -0.39 is 21.7 Å². The van der Waals surface area contributed by atoms with Crippen molar-refractivity contribution in [2.24, 2.45) is 0 Å². The van der Waals surface area contributed by atoms with Gasteiger partial charge in [-0.2, -0.15) is 0 Å². The first-order chi connectivity index (χ1) is 10.8. The summed E-state index contributed by atoms with van der Waals surface area (Å²) >= 11 is 5.78. The lowest BCUT2D eigenvalue weighted by molar-refractivity contribution is 0.0846. The zero-order valence-corrected chi connectivity index (χ0v) is 13.6. The number of benzene rings is 2. The molecule has 0 fully saturated rings. The van der Waals surface area contributed by atoms with Crippen molar-refractivity contribution in [1.29, 1.82) is 0 Å². The Kier molecular flexibility index (Phi) is 5.02. The molecule has 2 aromatic rings. The summed E-state index contributed by atoms with van der Waals surface area (Å²) in [7, 11) is -3.33. The van der Waals surface area contributed by atoms with Crippen molar-refractivity contribution >= 4 is 33.3 Å². The third-order valence-corrected chi connectivity index (χ3v) is 4.28. The molecular formula is C15H13ClN2O4S. The summed E-state index contributed by atoms with van der Waals surface area (Å²) in [5.74, 6) is -1.09. The van der Waals surface area contributed by atoms with E-state index in [4.69, 9.17) is 11.6 Å². The van der Waals surface area contributed by atoms with E-state index in [1.807, 2.05) is 0 Å². The topological polar surface area (TPSA) is 92.3 Å². The minimum Gasteiger partial charge on any atom is -0.267 e. The minimum atomic E-state index is -3.33. The lowest BCUT2D eigenvalue weighted by Gasteiger charge is -2.08. The molecule has 0 bridgehead atoms. The van der Waals surface area contributed by atoms with Crippen LogP contribution < -0.4 is 10.9 Å². The molecule has 23 heavy (non-hydrogen) atoms. The Morgan fingerprint density at radius 1 is 0.913 bits per heavy atom. The van der Waals surface area contributed by atoms with Crippen LogP contribution in [0.25, 0.3) is 0 Å². The molecule has 0 aromatic heterocycles. The van der Waals surface area contributed by atoms with Crippen LogP contribution in [0.3, 0.4) is 0 Å². The number of sulfone groups is 1. The average Bonchev–Trinajstić information content (AvgIpc) is 2.51. The molecular weight excluding hydrogens is 340 g/mol. The van der Waals surface area contributed by atoms with Gasteiger partial charge in [-0.15, -0.1) is 0 Å². The van der Waals surface area contributed by atoms with Crippen molar-refractivity contribution in [1.82, 2.24) is 10.9 Å². The van der Waals surface area contributed by atoms with Crippen molar-refractivity contribution in [3.8, 4) is 0 Å². The second-order valence-corrected chi connectivity index (χ2v) is 7.17. The number of hydrazine groups is 1. The molecule has 2 rings (SSSR count). The fraction of sp³-hybridized carbons (Fsp3) is 0.0667. The smallest absolute Gasteiger partial charge is 0.267 e. The zero-order chi connectivity index (χ0) is 17.0. The lowest BCUT2D eigenvalue weighted by atomic mass is 10.2. The van der Waals surface area contributed by atoms with Crippen molar-refractivity contribution in [3.63, 3.8) is 0 Å². The number of amides is 2. The Morgan fingerprint density at radius 2 is 1.48 bits per heavy atom. The molecule has 0 atom stereocenters. The molecule has 2 N–H and O–H groups in total. The van der Waals surface area contributed by atoms with Gasteiger partial charge < -0.3 is 0 Å². The standard InChI is InChI=1S/C15H13ClN2O4S/c1-23(21,22)13-7-5-10(6-8-13)14(19)17-18-15(20)11-3-2-4-12(16)9-11/h2-9H,1H3,(H,17,19)(H,18,20). The van der Waals surface area contributed by atoms with Gasteiger partial charge in [0.2, 0.25) is 0 Å². The van der Waals surface area contributed by atoms with E-state index in [9.17, 15) is 18.0 Å². The maximum atomic E-state index is 11.9. The molecule has 0 aliphatic heterocycles. The van der Waals surface area contributed by atoms with Crippen LogP contribution in [-0.2, 0) is 9.84 Å². The minimum absolute atomic E-state index is 0.108. The zero-order valence-electron chi connectivity index (χ0n) is 12.0. The third-order valence-electron chi connectivity index (χ3n) is 2.92. The summed E-state index contributed by atoms with van der Waals surface area (Å²) in [6.07, 6.45) is 1.08. The van der Waals surface area contributed by atoms with Crippen LogP contribution in [0.5, 0.6) is 0 Å². The van der Waals surface area contributed by atoms with Gasteiger partial charge in [-0.25, -0.2) is 8.42 Å². The maximum Gasteiger partial charge on any atom is 0.269 e. The molecule has 0 radical (unpaired) electrons. The molecule has 0 heterocycles. The van der Waals surface area contributed by atoms with E-state index in [2.05, 4.69) is 10.9 Å². The lowest BCUT2D eigenvalue weighted by Crippen LogP contribution is -2.41. The second kappa shape index (κ2) is 6.80. The molecule has 120 valence electrons. The summed E-state index contributed by atoms with van der Waals surface area (Å²) in [4.78, 5) is 23.9. The number of carbonyl (C=O) groups is 2. The van der Waals surface area contributed by atoms with E-state index in [1.54, 1.807) is 18.2 Å². The van der Waals surface area contributed by atoms with Gasteiger partial charge in [0.15, 0.2) is 9.84 Å².